The van der Waals surface area contributed by atoms with E-state index in [9.17, 15) is 0 Å². The molecule has 0 amide bonds. The molecule has 0 radical (unpaired) electrons. The smallest absolute Gasteiger partial charge is 0.223 e. The van der Waals surface area contributed by atoms with Crippen molar-refractivity contribution in [3.05, 3.63) is 77.6 Å². The number of nitrogens with zero attached hydrogens (tertiary/aromatic N) is 3. The highest BCUT2D eigenvalue weighted by Crippen LogP contribution is 2.35. The number of benzene rings is 2. The van der Waals surface area contributed by atoms with E-state index in [1.165, 1.54) is 0 Å². The molecule has 2 aromatic carbocycles. The number of aryl methyl sites for hydroxylation is 1. The van der Waals surface area contributed by atoms with Crippen LogP contribution in [0, 0.1) is 6.92 Å². The third-order valence-electron chi connectivity index (χ3n) is 6.41. The second kappa shape index (κ2) is 9.57. The van der Waals surface area contributed by atoms with Gasteiger partial charge < -0.3 is 15.2 Å². The van der Waals surface area contributed by atoms with Crippen molar-refractivity contribution in [1.29, 1.82) is 0 Å². The van der Waals surface area contributed by atoms with Crippen molar-refractivity contribution >= 4 is 51.6 Å². The van der Waals surface area contributed by atoms with Gasteiger partial charge in [0.2, 0.25) is 5.95 Å². The van der Waals surface area contributed by atoms with Gasteiger partial charge in [-0.05, 0) is 43.5 Å². The molecule has 1 fully saturated rings. The fraction of sp³-hybridized carbons (Fsp3) is 0.231. The van der Waals surface area contributed by atoms with E-state index in [0.717, 1.165) is 70.7 Å². The first-order valence-corrected chi connectivity index (χ1v) is 12.1. The molecule has 0 spiro atoms. The molecule has 0 aliphatic carbocycles. The molecule has 3 heterocycles. The number of para-hydroxylation sites is 1. The van der Waals surface area contributed by atoms with E-state index in [1.807, 2.05) is 43.3 Å². The molecule has 5 rings (SSSR count). The van der Waals surface area contributed by atoms with Crippen molar-refractivity contribution in [2.24, 2.45) is 0 Å². The first-order chi connectivity index (χ1) is 16.5. The summed E-state index contributed by atoms with van der Waals surface area (Å²) in [5.41, 5.74) is 6.87. The molecule has 2 aromatic heterocycles. The van der Waals surface area contributed by atoms with Crippen molar-refractivity contribution in [1.82, 2.24) is 19.9 Å². The van der Waals surface area contributed by atoms with Gasteiger partial charge in [-0.25, -0.2) is 9.97 Å². The number of likely N-dealkylation sites (tertiary alicyclic amines) is 1. The third kappa shape index (κ3) is 4.43. The van der Waals surface area contributed by atoms with Crippen LogP contribution < -0.4 is 10.2 Å². The molecule has 4 aromatic rings. The van der Waals surface area contributed by atoms with Crippen LogP contribution in [-0.4, -0.2) is 39.0 Å². The lowest BCUT2D eigenvalue weighted by Gasteiger charge is -2.35. The van der Waals surface area contributed by atoms with Gasteiger partial charge in [-0.1, -0.05) is 48.5 Å². The second-order valence-electron chi connectivity index (χ2n) is 8.58. The van der Waals surface area contributed by atoms with E-state index in [-0.39, 0.29) is 6.04 Å². The summed E-state index contributed by atoms with van der Waals surface area (Å²) in [6.45, 7) is 8.17. The Morgan fingerprint density at radius 1 is 1.12 bits per heavy atom. The maximum atomic E-state index is 6.54. The van der Waals surface area contributed by atoms with Gasteiger partial charge in [0.25, 0.3) is 0 Å². The highest BCUT2D eigenvalue weighted by Gasteiger charge is 2.22. The number of aromatic amines is 1. The van der Waals surface area contributed by atoms with Gasteiger partial charge in [0.05, 0.1) is 16.9 Å². The maximum Gasteiger partial charge on any atom is 0.223 e. The molecule has 0 unspecified atom stereocenters. The summed E-state index contributed by atoms with van der Waals surface area (Å²) in [5, 5.41) is 5.17. The number of hydrogen-bond donors (Lipinski definition) is 3. The van der Waals surface area contributed by atoms with Crippen LogP contribution >= 0.6 is 23.4 Å². The number of nitrogens with one attached hydrogen (secondary N) is 3. The molecular formula is C26H26Cl2N6. The topological polar surface area (TPSA) is 68.9 Å². The molecule has 6 nitrogen and oxygen atoms in total. The summed E-state index contributed by atoms with van der Waals surface area (Å²) < 4.78 is 0. The van der Waals surface area contributed by atoms with Crippen LogP contribution in [0.15, 0.2) is 61.3 Å². The zero-order valence-corrected chi connectivity index (χ0v) is 20.4. The van der Waals surface area contributed by atoms with Crippen LogP contribution in [0.1, 0.15) is 24.1 Å². The molecule has 1 aliphatic rings. The number of aromatic nitrogens is 3. The van der Waals surface area contributed by atoms with Crippen molar-refractivity contribution in [3.63, 3.8) is 0 Å². The third-order valence-corrected chi connectivity index (χ3v) is 6.91. The predicted molar refractivity (Wildman–Crippen MR) is 142 cm³/mol. The Morgan fingerprint density at radius 2 is 1.85 bits per heavy atom. The zero-order valence-electron chi connectivity index (χ0n) is 18.9. The number of H-pyrrole nitrogens is 1. The van der Waals surface area contributed by atoms with E-state index >= 15 is 0 Å². The Balaban J connectivity index is 1.28. The number of hydrogen-bond acceptors (Lipinski definition) is 5. The van der Waals surface area contributed by atoms with E-state index in [0.29, 0.717) is 11.0 Å². The lowest BCUT2D eigenvalue weighted by atomic mass is 10.0. The number of halogens is 2. The second-order valence-corrected chi connectivity index (χ2v) is 9.18. The average Bonchev–Trinajstić information content (AvgIpc) is 3.21. The molecule has 8 heteroatoms. The van der Waals surface area contributed by atoms with Gasteiger partial charge in [-0.15, -0.1) is 0 Å². The van der Waals surface area contributed by atoms with Crippen molar-refractivity contribution in [2.45, 2.75) is 25.8 Å². The Morgan fingerprint density at radius 3 is 2.59 bits per heavy atom. The van der Waals surface area contributed by atoms with Crippen LogP contribution in [0.3, 0.4) is 0 Å². The van der Waals surface area contributed by atoms with Crippen LogP contribution in [0.2, 0.25) is 5.02 Å². The van der Waals surface area contributed by atoms with E-state index in [4.69, 9.17) is 28.4 Å². The van der Waals surface area contributed by atoms with Gasteiger partial charge in [0, 0.05) is 64.5 Å². The monoisotopic (exact) mass is 492 g/mol. The lowest BCUT2D eigenvalue weighted by Crippen LogP contribution is -2.38. The van der Waals surface area contributed by atoms with Crippen molar-refractivity contribution in [2.75, 3.05) is 23.2 Å². The fourth-order valence-electron chi connectivity index (χ4n) is 4.58. The summed E-state index contributed by atoms with van der Waals surface area (Å²) in [4.78, 5) is 17.7. The van der Waals surface area contributed by atoms with Crippen LogP contribution in [0.25, 0.3) is 27.9 Å². The molecule has 1 saturated heterocycles. The molecular weight excluding hydrogens is 467 g/mol. The minimum atomic E-state index is 0.282. The largest absolute Gasteiger partial charge is 0.371 e. The molecule has 0 atom stereocenters. The number of piperidine rings is 1. The predicted octanol–water partition coefficient (Wildman–Crippen LogP) is 6.70. The Kier molecular flexibility index (Phi) is 6.35. The summed E-state index contributed by atoms with van der Waals surface area (Å²) in [6, 6.07) is 16.4. The Hall–Kier alpha value is -3.22. The highest BCUT2D eigenvalue weighted by atomic mass is 35.5. The Labute approximate surface area is 209 Å². The van der Waals surface area contributed by atoms with Gasteiger partial charge in [0.1, 0.15) is 0 Å². The summed E-state index contributed by atoms with van der Waals surface area (Å²) in [6.07, 6.45) is 3.62. The van der Waals surface area contributed by atoms with E-state index in [2.05, 4.69) is 43.7 Å². The van der Waals surface area contributed by atoms with Crippen LogP contribution in [0.4, 0.5) is 11.6 Å². The zero-order chi connectivity index (χ0) is 23.7. The van der Waals surface area contributed by atoms with Crippen LogP contribution in [0.5, 0.6) is 0 Å². The minimum Gasteiger partial charge on any atom is -0.371 e. The Bertz CT molecular complexity index is 1320. The van der Waals surface area contributed by atoms with Crippen LogP contribution in [-0.2, 0) is 0 Å². The number of anilines is 2. The van der Waals surface area contributed by atoms with Crippen molar-refractivity contribution in [3.8, 4) is 11.3 Å². The fourth-order valence-corrected chi connectivity index (χ4v) is 4.89. The SMILES string of the molecule is C=C(c1ccc(NCl)cc1)N1CCC(Nc2ncc(Cl)c(-c3c(C)[nH]c4ccccc34)n2)CC1. The summed E-state index contributed by atoms with van der Waals surface area (Å²) in [7, 11) is 0. The van der Waals surface area contributed by atoms with Crippen molar-refractivity contribution < 1.29 is 0 Å². The quantitative estimate of drug-likeness (QED) is 0.261. The lowest BCUT2D eigenvalue weighted by molar-refractivity contribution is 0.309. The molecule has 0 saturated carbocycles. The first-order valence-electron chi connectivity index (χ1n) is 11.3. The molecule has 174 valence electrons. The van der Waals surface area contributed by atoms with E-state index < -0.39 is 0 Å². The van der Waals surface area contributed by atoms with E-state index in [1.54, 1.807) is 6.20 Å². The van der Waals surface area contributed by atoms with Gasteiger partial charge in [0.15, 0.2) is 0 Å². The first kappa shape index (κ1) is 22.6. The average molecular weight is 493 g/mol. The standard InChI is InChI=1S/C26H26Cl2N6/c1-16-24(21-5-3-4-6-23(21)30-16)25-22(27)15-29-26(32-25)31-19-11-13-34(14-12-19)17(2)18-7-9-20(33-28)10-8-18/h3-10,15,19,30,33H,2,11-14H2,1H3,(H,29,31,32). The number of fused-ring (bicyclic) bond motifs is 1. The highest BCUT2D eigenvalue weighted by molar-refractivity contribution is 6.33. The van der Waals surface area contributed by atoms with Gasteiger partial charge in [-0.3, -0.25) is 4.84 Å². The number of rotatable bonds is 6. The normalized spacial score (nSPS) is 14.4. The summed E-state index contributed by atoms with van der Waals surface area (Å²) in [5.74, 6) is 0.602. The minimum absolute atomic E-state index is 0.282. The molecule has 3 N–H and O–H groups in total. The van der Waals surface area contributed by atoms with Gasteiger partial charge in [-0.2, -0.15) is 0 Å². The maximum absolute atomic E-state index is 6.54. The summed E-state index contributed by atoms with van der Waals surface area (Å²) >= 11 is 12.2. The molecule has 0 bridgehead atoms. The van der Waals surface area contributed by atoms with Gasteiger partial charge >= 0.3 is 0 Å². The molecule has 34 heavy (non-hydrogen) atoms. The molecule has 1 aliphatic heterocycles.